The third-order valence-electron chi connectivity index (χ3n) is 5.82. The maximum atomic E-state index is 12.9. The number of ketones is 1. The number of hydrogen-bond donors (Lipinski definition) is 3. The lowest BCUT2D eigenvalue weighted by molar-refractivity contribution is -0.888. The summed E-state index contributed by atoms with van der Waals surface area (Å²) < 4.78 is 5.62. The van der Waals surface area contributed by atoms with Crippen molar-refractivity contribution in [2.45, 2.75) is 37.2 Å². The van der Waals surface area contributed by atoms with Crippen molar-refractivity contribution in [2.24, 2.45) is 10.9 Å². The molecule has 7 nitrogen and oxygen atoms in total. The summed E-state index contributed by atoms with van der Waals surface area (Å²) in [5, 5.41) is 22.3. The van der Waals surface area contributed by atoms with Gasteiger partial charge in [-0.15, -0.1) is 0 Å². The molecular formula is C19H23N2O5+. The number of carbonyl (C=O) groups excluding carboxylic acids is 2. The van der Waals surface area contributed by atoms with Gasteiger partial charge in [0.05, 0.1) is 13.6 Å². The first-order chi connectivity index (χ1) is 12.3. The number of likely N-dealkylation sites (tertiary alicyclic amines) is 1. The predicted octanol–water partition coefficient (Wildman–Crippen LogP) is -0.930. The second-order valence-electron chi connectivity index (χ2n) is 7.61. The molecule has 7 heteroatoms. The Kier molecular flexibility index (Phi) is 3.80. The zero-order chi connectivity index (χ0) is 18.7. The van der Waals surface area contributed by atoms with Crippen LogP contribution in [-0.2, 0) is 15.3 Å². The van der Waals surface area contributed by atoms with Gasteiger partial charge in [0, 0.05) is 23.3 Å². The van der Waals surface area contributed by atoms with Crippen LogP contribution < -0.4 is 4.90 Å². The maximum absolute atomic E-state index is 12.9. The summed E-state index contributed by atoms with van der Waals surface area (Å²) >= 11 is 0. The Morgan fingerprint density at radius 3 is 2.81 bits per heavy atom. The minimum Gasteiger partial charge on any atom is -0.456 e. The Morgan fingerprint density at radius 1 is 1.35 bits per heavy atom. The largest absolute Gasteiger partial charge is 0.456 e. The molecule has 0 spiro atoms. The minimum atomic E-state index is -2.36. The number of aliphatic imine (C=N–C) groups is 1. The van der Waals surface area contributed by atoms with Crippen LogP contribution in [0.4, 0.5) is 0 Å². The van der Waals surface area contributed by atoms with Crippen molar-refractivity contribution >= 4 is 17.5 Å². The summed E-state index contributed by atoms with van der Waals surface area (Å²) in [4.78, 5) is 31.2. The monoisotopic (exact) mass is 359 g/mol. The number of nitrogens with one attached hydrogen (secondary N) is 1. The van der Waals surface area contributed by atoms with Crippen molar-refractivity contribution in [1.29, 1.82) is 0 Å². The summed E-state index contributed by atoms with van der Waals surface area (Å²) in [6.45, 7) is 3.25. The lowest BCUT2D eigenvalue weighted by Crippen LogP contribution is -3.11. The topological polar surface area (TPSA) is 101 Å². The highest BCUT2D eigenvalue weighted by Gasteiger charge is 2.72. The molecule has 2 aliphatic heterocycles. The predicted molar refractivity (Wildman–Crippen MR) is 92.0 cm³/mol. The molecule has 2 heterocycles. The molecule has 3 aliphatic rings. The Bertz CT molecular complexity index is 822. The van der Waals surface area contributed by atoms with Crippen LogP contribution in [0.2, 0.25) is 0 Å². The second-order valence-corrected chi connectivity index (χ2v) is 7.61. The summed E-state index contributed by atoms with van der Waals surface area (Å²) in [7, 11) is 2.03. The molecule has 4 rings (SSSR count). The number of esters is 1. The molecule has 0 amide bonds. The number of nitrogens with zero attached hydrogens (tertiary/aromatic N) is 1. The zero-order valence-electron chi connectivity index (χ0n) is 14.9. The van der Waals surface area contributed by atoms with Gasteiger partial charge >= 0.3 is 5.97 Å². The van der Waals surface area contributed by atoms with Crippen molar-refractivity contribution in [3.63, 3.8) is 0 Å². The van der Waals surface area contributed by atoms with Crippen LogP contribution in [0.5, 0.6) is 0 Å². The SMILES string of the molecule is CC1=N[C@@]2(O)c3ccccc3C(=O)[C@@]2(O)C1C(=O)O[C@@H]1CCC[NH+](C)C1. The highest BCUT2D eigenvalue weighted by Crippen LogP contribution is 2.53. The van der Waals surface area contributed by atoms with Crippen LogP contribution in [0, 0.1) is 5.92 Å². The molecule has 1 aromatic carbocycles. The third kappa shape index (κ3) is 2.14. The number of ether oxygens (including phenoxy) is 1. The fourth-order valence-corrected chi connectivity index (χ4v) is 4.55. The van der Waals surface area contributed by atoms with Crippen molar-refractivity contribution in [3.05, 3.63) is 35.4 Å². The van der Waals surface area contributed by atoms with E-state index in [-0.39, 0.29) is 22.9 Å². The van der Waals surface area contributed by atoms with E-state index in [2.05, 4.69) is 4.99 Å². The number of rotatable bonds is 2. The number of fused-ring (bicyclic) bond motifs is 3. The molecule has 5 atom stereocenters. The van der Waals surface area contributed by atoms with Crippen molar-refractivity contribution in [2.75, 3.05) is 20.1 Å². The number of likely N-dealkylation sites (N-methyl/N-ethyl adjacent to an activating group) is 1. The summed E-state index contributed by atoms with van der Waals surface area (Å²) in [5.41, 5.74) is -3.88. The number of carbonyl (C=O) groups is 2. The van der Waals surface area contributed by atoms with E-state index >= 15 is 0 Å². The van der Waals surface area contributed by atoms with Gasteiger partial charge in [0.25, 0.3) is 0 Å². The quantitative estimate of drug-likeness (QED) is 0.593. The minimum absolute atomic E-state index is 0.188. The molecule has 1 aliphatic carbocycles. The Balaban J connectivity index is 1.68. The van der Waals surface area contributed by atoms with E-state index in [9.17, 15) is 19.8 Å². The highest BCUT2D eigenvalue weighted by molar-refractivity contribution is 6.18. The molecule has 0 aromatic heterocycles. The Morgan fingerprint density at radius 2 is 2.08 bits per heavy atom. The van der Waals surface area contributed by atoms with Gasteiger partial charge in [-0.1, -0.05) is 24.3 Å². The number of quaternary nitrogens is 1. The van der Waals surface area contributed by atoms with Gasteiger partial charge in [-0.3, -0.25) is 14.6 Å². The first-order valence-corrected chi connectivity index (χ1v) is 8.96. The van der Waals surface area contributed by atoms with Gasteiger partial charge in [0.15, 0.2) is 11.7 Å². The standard InChI is InChI=1S/C19H22N2O5/c1-11-15(17(23)26-12-6-5-9-21(2)10-12)18(24)16(22)13-7-3-4-8-14(13)19(18,25)20-11/h3-4,7-8,12,15,24-25H,5-6,9-10H2,1-2H3/p+1/t12-,15?,18+,19-/m1/s1. The molecule has 1 aromatic rings. The first-order valence-electron chi connectivity index (χ1n) is 8.96. The van der Waals surface area contributed by atoms with Gasteiger partial charge in [-0.25, -0.2) is 0 Å². The van der Waals surface area contributed by atoms with E-state index in [4.69, 9.17) is 4.74 Å². The van der Waals surface area contributed by atoms with Gasteiger partial charge in [0.2, 0.25) is 11.5 Å². The summed E-state index contributed by atoms with van der Waals surface area (Å²) in [6, 6.07) is 6.38. The number of piperidine rings is 1. The second kappa shape index (κ2) is 5.70. The summed E-state index contributed by atoms with van der Waals surface area (Å²) in [5.74, 6) is -2.70. The normalized spacial score (nSPS) is 38.5. The van der Waals surface area contributed by atoms with E-state index in [1.165, 1.54) is 17.9 Å². The smallest absolute Gasteiger partial charge is 0.318 e. The molecule has 0 saturated carbocycles. The number of Topliss-reactive ketones (excluding diaryl/α,β-unsaturated/α-hetero) is 1. The molecule has 26 heavy (non-hydrogen) atoms. The van der Waals surface area contributed by atoms with Gasteiger partial charge in [-0.05, 0) is 13.3 Å². The molecule has 138 valence electrons. The van der Waals surface area contributed by atoms with Gasteiger partial charge in [-0.2, -0.15) is 0 Å². The third-order valence-corrected chi connectivity index (χ3v) is 5.82. The van der Waals surface area contributed by atoms with E-state index < -0.39 is 29.0 Å². The average Bonchev–Trinajstić information content (AvgIpc) is 2.90. The molecule has 3 N–H and O–H groups in total. The molecule has 0 bridgehead atoms. The van der Waals surface area contributed by atoms with Crippen LogP contribution in [0.3, 0.4) is 0 Å². The molecular weight excluding hydrogens is 336 g/mol. The lowest BCUT2D eigenvalue weighted by Gasteiger charge is -2.33. The Labute approximate surface area is 151 Å². The van der Waals surface area contributed by atoms with Crippen molar-refractivity contribution in [3.8, 4) is 0 Å². The zero-order valence-corrected chi connectivity index (χ0v) is 14.9. The first kappa shape index (κ1) is 17.3. The van der Waals surface area contributed by atoms with Gasteiger partial charge in [0.1, 0.15) is 12.5 Å². The average molecular weight is 359 g/mol. The number of benzene rings is 1. The van der Waals surface area contributed by atoms with Crippen molar-refractivity contribution in [1.82, 2.24) is 0 Å². The number of aliphatic hydroxyl groups is 2. The van der Waals surface area contributed by atoms with Crippen LogP contribution >= 0.6 is 0 Å². The highest BCUT2D eigenvalue weighted by atomic mass is 16.5. The fourth-order valence-electron chi connectivity index (χ4n) is 4.55. The van der Waals surface area contributed by atoms with E-state index in [0.717, 1.165) is 19.4 Å². The molecule has 2 unspecified atom stereocenters. The van der Waals surface area contributed by atoms with E-state index in [1.807, 2.05) is 7.05 Å². The van der Waals surface area contributed by atoms with E-state index in [0.29, 0.717) is 6.54 Å². The molecule has 0 radical (unpaired) electrons. The lowest BCUT2D eigenvalue weighted by atomic mass is 9.79. The van der Waals surface area contributed by atoms with Crippen LogP contribution in [0.15, 0.2) is 29.3 Å². The van der Waals surface area contributed by atoms with Gasteiger partial charge < -0.3 is 19.8 Å². The van der Waals surface area contributed by atoms with Crippen LogP contribution in [0.25, 0.3) is 0 Å². The number of hydrogen-bond acceptors (Lipinski definition) is 6. The van der Waals surface area contributed by atoms with E-state index in [1.54, 1.807) is 18.2 Å². The van der Waals surface area contributed by atoms with Crippen LogP contribution in [0.1, 0.15) is 35.7 Å². The summed E-state index contributed by atoms with van der Waals surface area (Å²) in [6.07, 6.45) is 1.43. The van der Waals surface area contributed by atoms with Crippen LogP contribution in [-0.4, -0.2) is 59.5 Å². The molecule has 1 fully saturated rings. The fraction of sp³-hybridized carbons (Fsp3) is 0.526. The Hall–Kier alpha value is -2.09. The van der Waals surface area contributed by atoms with Crippen molar-refractivity contribution < 1.29 is 29.4 Å². The maximum Gasteiger partial charge on any atom is 0.318 e. The molecule has 1 saturated heterocycles.